The number of ether oxygens (including phenoxy) is 1. The number of hydrogen-bond donors (Lipinski definition) is 3. The number of nitrogens with zero attached hydrogens (tertiary/aromatic N) is 1. The zero-order valence-corrected chi connectivity index (χ0v) is 13.6. The molecule has 0 unspecified atom stereocenters. The van der Waals surface area contributed by atoms with Gasteiger partial charge in [-0.25, -0.2) is 0 Å². The third kappa shape index (κ3) is 4.07. The summed E-state index contributed by atoms with van der Waals surface area (Å²) in [5.41, 5.74) is 11.5. The molecule has 0 spiro atoms. The minimum atomic E-state index is -0.554. The summed E-state index contributed by atoms with van der Waals surface area (Å²) in [6.07, 6.45) is 4.04. The second-order valence-electron chi connectivity index (χ2n) is 5.22. The molecule has 5 N–H and O–H groups in total. The van der Waals surface area contributed by atoms with E-state index < -0.39 is 5.91 Å². The molecule has 1 amide bonds. The Morgan fingerprint density at radius 3 is 2.71 bits per heavy atom. The maximum Gasteiger partial charge on any atom is 0.254 e. The van der Waals surface area contributed by atoms with Gasteiger partial charge in [0.2, 0.25) is 5.88 Å². The van der Waals surface area contributed by atoms with E-state index in [4.69, 9.17) is 16.2 Å². The van der Waals surface area contributed by atoms with Crippen molar-refractivity contribution in [2.24, 2.45) is 11.5 Å². The van der Waals surface area contributed by atoms with Crippen LogP contribution in [0.25, 0.3) is 0 Å². The number of carbonyl (C=O) groups is 1. The van der Waals surface area contributed by atoms with E-state index in [0.29, 0.717) is 29.0 Å². The molecule has 1 heterocycles. The smallest absolute Gasteiger partial charge is 0.254 e. The van der Waals surface area contributed by atoms with Crippen molar-refractivity contribution in [3.8, 4) is 5.88 Å². The Labute approximate surface area is 132 Å². The lowest BCUT2D eigenvalue weighted by atomic mass is 9.92. The molecule has 2 rings (SSSR count). The van der Waals surface area contributed by atoms with Crippen molar-refractivity contribution in [3.05, 3.63) is 16.1 Å². The SMILES string of the molecule is CCOc1nc(N[C@H]2CC[C@H](N)CC2)c(Br)cc1C(N)=O. The summed E-state index contributed by atoms with van der Waals surface area (Å²) >= 11 is 3.43. The van der Waals surface area contributed by atoms with Crippen molar-refractivity contribution in [1.82, 2.24) is 4.98 Å². The fourth-order valence-electron chi connectivity index (χ4n) is 2.45. The van der Waals surface area contributed by atoms with Crippen LogP contribution in [-0.2, 0) is 0 Å². The van der Waals surface area contributed by atoms with E-state index in [2.05, 4.69) is 26.2 Å². The lowest BCUT2D eigenvalue weighted by molar-refractivity contribution is 0.0996. The fourth-order valence-corrected chi connectivity index (χ4v) is 2.89. The van der Waals surface area contributed by atoms with Gasteiger partial charge in [-0.15, -0.1) is 0 Å². The first-order valence-corrected chi connectivity index (χ1v) is 7.95. The first-order chi connectivity index (χ1) is 10.0. The predicted octanol–water partition coefficient (Wildman–Crippen LogP) is 2.02. The Kier molecular flexibility index (Phi) is 5.41. The summed E-state index contributed by atoms with van der Waals surface area (Å²) in [5.74, 6) is 0.383. The number of amides is 1. The minimum absolute atomic E-state index is 0.267. The van der Waals surface area contributed by atoms with Crippen LogP contribution in [-0.4, -0.2) is 29.6 Å². The topological polar surface area (TPSA) is 103 Å². The number of nitrogens with one attached hydrogen (secondary N) is 1. The van der Waals surface area contributed by atoms with E-state index in [-0.39, 0.29) is 11.4 Å². The monoisotopic (exact) mass is 356 g/mol. The van der Waals surface area contributed by atoms with Crippen molar-refractivity contribution >= 4 is 27.7 Å². The van der Waals surface area contributed by atoms with Crippen molar-refractivity contribution in [2.45, 2.75) is 44.7 Å². The van der Waals surface area contributed by atoms with E-state index >= 15 is 0 Å². The summed E-state index contributed by atoms with van der Waals surface area (Å²) in [7, 11) is 0. The molecule has 1 aliphatic rings. The van der Waals surface area contributed by atoms with Crippen molar-refractivity contribution < 1.29 is 9.53 Å². The number of primary amides is 1. The minimum Gasteiger partial charge on any atom is -0.477 e. The number of carbonyl (C=O) groups excluding carboxylic acids is 1. The highest BCUT2D eigenvalue weighted by atomic mass is 79.9. The van der Waals surface area contributed by atoms with Crippen LogP contribution >= 0.6 is 15.9 Å². The Morgan fingerprint density at radius 2 is 2.14 bits per heavy atom. The molecular formula is C14H21BrN4O2. The Hall–Kier alpha value is -1.34. The van der Waals surface area contributed by atoms with Gasteiger partial charge in [-0.05, 0) is 54.6 Å². The van der Waals surface area contributed by atoms with Crippen molar-refractivity contribution in [2.75, 3.05) is 11.9 Å². The number of hydrogen-bond acceptors (Lipinski definition) is 5. The van der Waals surface area contributed by atoms with Gasteiger partial charge in [-0.1, -0.05) is 0 Å². The molecule has 21 heavy (non-hydrogen) atoms. The lowest BCUT2D eigenvalue weighted by Gasteiger charge is -2.27. The number of aromatic nitrogens is 1. The molecular weight excluding hydrogens is 336 g/mol. The van der Waals surface area contributed by atoms with Crippen LogP contribution in [0.1, 0.15) is 43.0 Å². The summed E-state index contributed by atoms with van der Waals surface area (Å²) in [6, 6.07) is 2.29. The van der Waals surface area contributed by atoms with Crippen LogP contribution in [0.15, 0.2) is 10.5 Å². The zero-order valence-electron chi connectivity index (χ0n) is 12.1. The molecule has 0 atom stereocenters. The number of rotatable bonds is 5. The molecule has 116 valence electrons. The third-order valence-corrected chi connectivity index (χ3v) is 4.20. The average molecular weight is 357 g/mol. The molecule has 0 saturated heterocycles. The highest BCUT2D eigenvalue weighted by molar-refractivity contribution is 9.10. The highest BCUT2D eigenvalue weighted by Crippen LogP contribution is 2.30. The van der Waals surface area contributed by atoms with E-state index in [9.17, 15) is 4.79 Å². The molecule has 0 aromatic carbocycles. The van der Waals surface area contributed by atoms with E-state index in [1.807, 2.05) is 6.92 Å². The molecule has 0 radical (unpaired) electrons. The Bertz CT molecular complexity index is 516. The standard InChI is InChI=1S/C14H21BrN4O2/c1-2-21-14-10(12(17)20)7-11(15)13(19-14)18-9-5-3-8(16)4-6-9/h7-9H,2-6,16H2,1H3,(H2,17,20)(H,18,19)/t8-,9-. The zero-order chi connectivity index (χ0) is 15.4. The molecule has 1 aromatic heterocycles. The van der Waals surface area contributed by atoms with Gasteiger partial charge >= 0.3 is 0 Å². The number of pyridine rings is 1. The van der Waals surface area contributed by atoms with Crippen LogP contribution in [0, 0.1) is 0 Å². The van der Waals surface area contributed by atoms with Gasteiger partial charge in [0.05, 0.1) is 11.1 Å². The van der Waals surface area contributed by atoms with Crippen molar-refractivity contribution in [3.63, 3.8) is 0 Å². The van der Waals surface area contributed by atoms with Crippen molar-refractivity contribution in [1.29, 1.82) is 0 Å². The maximum absolute atomic E-state index is 11.4. The Morgan fingerprint density at radius 1 is 1.48 bits per heavy atom. The Balaban J connectivity index is 2.19. The fraction of sp³-hybridized carbons (Fsp3) is 0.571. The summed E-state index contributed by atoms with van der Waals surface area (Å²) < 4.78 is 6.11. The van der Waals surface area contributed by atoms with Gasteiger partial charge in [0.25, 0.3) is 5.91 Å². The molecule has 1 fully saturated rings. The number of halogens is 1. The second-order valence-corrected chi connectivity index (χ2v) is 6.08. The number of nitrogens with two attached hydrogens (primary N) is 2. The van der Waals surface area contributed by atoms with Crippen LogP contribution in [0.4, 0.5) is 5.82 Å². The van der Waals surface area contributed by atoms with Crippen LogP contribution in [0.5, 0.6) is 5.88 Å². The summed E-state index contributed by atoms with van der Waals surface area (Å²) in [5, 5.41) is 3.39. The summed E-state index contributed by atoms with van der Waals surface area (Å²) in [4.78, 5) is 15.8. The first kappa shape index (κ1) is 16.0. The molecule has 1 aromatic rings. The molecule has 6 nitrogen and oxygen atoms in total. The molecule has 7 heteroatoms. The molecule has 1 saturated carbocycles. The van der Waals surface area contributed by atoms with Crippen LogP contribution in [0.3, 0.4) is 0 Å². The second kappa shape index (κ2) is 7.09. The quantitative estimate of drug-likeness (QED) is 0.748. The lowest BCUT2D eigenvalue weighted by Crippen LogP contribution is -2.33. The van der Waals surface area contributed by atoms with Gasteiger partial charge < -0.3 is 21.5 Å². The van der Waals surface area contributed by atoms with E-state index in [1.54, 1.807) is 6.07 Å². The summed E-state index contributed by atoms with van der Waals surface area (Å²) in [6.45, 7) is 2.26. The average Bonchev–Trinajstić information content (AvgIpc) is 2.44. The van der Waals surface area contributed by atoms with Gasteiger partial charge in [-0.3, -0.25) is 4.79 Å². The van der Waals surface area contributed by atoms with Gasteiger partial charge in [0.1, 0.15) is 11.4 Å². The van der Waals surface area contributed by atoms with Gasteiger partial charge in [-0.2, -0.15) is 4.98 Å². The van der Waals surface area contributed by atoms with Gasteiger partial charge in [0, 0.05) is 12.1 Å². The van der Waals surface area contributed by atoms with Crippen LogP contribution in [0.2, 0.25) is 0 Å². The molecule has 0 bridgehead atoms. The molecule has 0 aliphatic heterocycles. The van der Waals surface area contributed by atoms with Gasteiger partial charge in [0.15, 0.2) is 0 Å². The largest absolute Gasteiger partial charge is 0.477 e. The predicted molar refractivity (Wildman–Crippen MR) is 85.5 cm³/mol. The van der Waals surface area contributed by atoms with Crippen LogP contribution < -0.4 is 21.5 Å². The maximum atomic E-state index is 11.4. The number of anilines is 1. The van der Waals surface area contributed by atoms with E-state index in [0.717, 1.165) is 25.7 Å². The van der Waals surface area contributed by atoms with E-state index in [1.165, 1.54) is 0 Å². The highest BCUT2D eigenvalue weighted by Gasteiger charge is 2.21. The third-order valence-electron chi connectivity index (χ3n) is 3.60. The first-order valence-electron chi connectivity index (χ1n) is 7.16. The normalized spacial score (nSPS) is 21.9. The molecule has 1 aliphatic carbocycles.